The highest BCUT2D eigenvalue weighted by atomic mass is 16.2. The highest BCUT2D eigenvalue weighted by molar-refractivity contribution is 5.91. The van der Waals surface area contributed by atoms with E-state index in [9.17, 15) is 4.79 Å². The molecule has 0 saturated heterocycles. The maximum atomic E-state index is 11.7. The van der Waals surface area contributed by atoms with Gasteiger partial charge in [0.05, 0.1) is 0 Å². The molecule has 0 radical (unpaired) electrons. The van der Waals surface area contributed by atoms with E-state index in [2.05, 4.69) is 17.2 Å². The van der Waals surface area contributed by atoms with Crippen LogP contribution in [-0.4, -0.2) is 17.6 Å². The van der Waals surface area contributed by atoms with Crippen molar-refractivity contribution in [3.63, 3.8) is 0 Å². The van der Waals surface area contributed by atoms with Crippen LogP contribution < -0.4 is 5.32 Å². The molecule has 0 unspecified atom stereocenters. The summed E-state index contributed by atoms with van der Waals surface area (Å²) < 4.78 is 0. The number of amides is 1. The lowest BCUT2D eigenvalue weighted by atomic mass is 10.1. The first-order chi connectivity index (χ1) is 8.69. The van der Waals surface area contributed by atoms with Crippen LogP contribution in [-0.2, 0) is 4.79 Å². The summed E-state index contributed by atoms with van der Waals surface area (Å²) in [5.74, 6) is 6.16. The zero-order valence-corrected chi connectivity index (χ0v) is 10.5. The van der Waals surface area contributed by atoms with Crippen molar-refractivity contribution in [3.8, 4) is 11.8 Å². The minimum absolute atomic E-state index is 0.0717. The number of anilines is 1. The second-order valence-electron chi connectivity index (χ2n) is 4.69. The highest BCUT2D eigenvalue weighted by Crippen LogP contribution is 2.32. The predicted octanol–water partition coefficient (Wildman–Crippen LogP) is 2.08. The number of hydrogen-bond acceptors (Lipinski definition) is 2. The van der Waals surface area contributed by atoms with Crippen molar-refractivity contribution in [1.82, 2.24) is 0 Å². The van der Waals surface area contributed by atoms with Gasteiger partial charge < -0.3 is 10.4 Å². The molecule has 94 valence electrons. The van der Waals surface area contributed by atoms with E-state index in [1.807, 2.05) is 25.1 Å². The van der Waals surface area contributed by atoms with Gasteiger partial charge in [-0.05, 0) is 43.4 Å². The van der Waals surface area contributed by atoms with Gasteiger partial charge in [0.2, 0.25) is 5.91 Å². The van der Waals surface area contributed by atoms with Crippen molar-refractivity contribution >= 4 is 11.6 Å². The molecule has 0 heterocycles. The Bertz CT molecular complexity index is 507. The number of nitrogens with one attached hydrogen (secondary N) is 1. The SMILES string of the molecule is Cc1ccc(NC(=O)CC2CC2)cc1C#CCO. The van der Waals surface area contributed by atoms with Gasteiger partial charge in [-0.2, -0.15) is 0 Å². The molecule has 0 atom stereocenters. The molecule has 1 amide bonds. The first kappa shape index (κ1) is 12.7. The Hall–Kier alpha value is -1.79. The van der Waals surface area contributed by atoms with Crippen LogP contribution in [0.5, 0.6) is 0 Å². The summed E-state index contributed by atoms with van der Waals surface area (Å²) in [6, 6.07) is 5.65. The fourth-order valence-corrected chi connectivity index (χ4v) is 1.77. The molecule has 1 aromatic rings. The minimum Gasteiger partial charge on any atom is -0.384 e. The first-order valence-electron chi connectivity index (χ1n) is 6.19. The standard InChI is InChI=1S/C15H17NO2/c1-11-4-7-14(10-13(11)3-2-8-17)16-15(18)9-12-5-6-12/h4,7,10,12,17H,5-6,8-9H2,1H3,(H,16,18). The van der Waals surface area contributed by atoms with Crippen LogP contribution in [0.3, 0.4) is 0 Å². The van der Waals surface area contributed by atoms with Crippen LogP contribution in [0.25, 0.3) is 0 Å². The van der Waals surface area contributed by atoms with E-state index in [1.165, 1.54) is 12.8 Å². The molecule has 1 fully saturated rings. The van der Waals surface area contributed by atoms with Crippen molar-refractivity contribution in [2.75, 3.05) is 11.9 Å². The maximum absolute atomic E-state index is 11.7. The van der Waals surface area contributed by atoms with Crippen LogP contribution in [0, 0.1) is 24.7 Å². The third-order valence-corrected chi connectivity index (χ3v) is 2.99. The number of aliphatic hydroxyl groups excluding tert-OH is 1. The third kappa shape index (κ3) is 3.61. The van der Waals surface area contributed by atoms with Gasteiger partial charge in [0.15, 0.2) is 0 Å². The quantitative estimate of drug-likeness (QED) is 0.798. The average Bonchev–Trinajstić information content (AvgIpc) is 3.13. The van der Waals surface area contributed by atoms with Gasteiger partial charge in [-0.3, -0.25) is 4.79 Å². The number of benzene rings is 1. The summed E-state index contributed by atoms with van der Waals surface area (Å²) in [5, 5.41) is 11.6. The Morgan fingerprint density at radius 3 is 2.94 bits per heavy atom. The molecule has 3 heteroatoms. The molecule has 3 nitrogen and oxygen atoms in total. The number of aryl methyl sites for hydroxylation is 1. The van der Waals surface area contributed by atoms with E-state index in [-0.39, 0.29) is 12.5 Å². The van der Waals surface area contributed by atoms with Crippen molar-refractivity contribution < 1.29 is 9.90 Å². The van der Waals surface area contributed by atoms with Gasteiger partial charge in [-0.15, -0.1) is 0 Å². The molecule has 18 heavy (non-hydrogen) atoms. The minimum atomic E-state index is -0.155. The molecule has 0 aliphatic heterocycles. The molecule has 0 spiro atoms. The topological polar surface area (TPSA) is 49.3 Å². The Morgan fingerprint density at radius 1 is 1.50 bits per heavy atom. The van der Waals surface area contributed by atoms with Gasteiger partial charge in [0.1, 0.15) is 6.61 Å². The summed E-state index contributed by atoms with van der Waals surface area (Å²) in [6.07, 6.45) is 2.97. The van der Waals surface area contributed by atoms with Crippen molar-refractivity contribution in [2.45, 2.75) is 26.2 Å². The van der Waals surface area contributed by atoms with Crippen molar-refractivity contribution in [1.29, 1.82) is 0 Å². The van der Waals surface area contributed by atoms with Crippen molar-refractivity contribution in [3.05, 3.63) is 29.3 Å². The fraction of sp³-hybridized carbons (Fsp3) is 0.400. The van der Waals surface area contributed by atoms with E-state index >= 15 is 0 Å². The Labute approximate surface area is 107 Å². The van der Waals surface area contributed by atoms with Gasteiger partial charge in [0, 0.05) is 17.7 Å². The number of hydrogen-bond donors (Lipinski definition) is 2. The molecule has 1 aliphatic carbocycles. The second-order valence-corrected chi connectivity index (χ2v) is 4.69. The summed E-state index contributed by atoms with van der Waals surface area (Å²) in [5.41, 5.74) is 2.65. The van der Waals surface area contributed by atoms with E-state index < -0.39 is 0 Å². The predicted molar refractivity (Wildman–Crippen MR) is 71.1 cm³/mol. The number of carbonyl (C=O) groups excluding carboxylic acids is 1. The smallest absolute Gasteiger partial charge is 0.224 e. The molecule has 1 aromatic carbocycles. The first-order valence-corrected chi connectivity index (χ1v) is 6.19. The molecular weight excluding hydrogens is 226 g/mol. The second kappa shape index (κ2) is 5.70. The summed E-state index contributed by atoms with van der Waals surface area (Å²) in [4.78, 5) is 11.7. The Kier molecular flexibility index (Phi) is 4.01. The van der Waals surface area contributed by atoms with E-state index in [0.29, 0.717) is 12.3 Å². The molecule has 2 N–H and O–H groups in total. The van der Waals surface area contributed by atoms with Crippen LogP contribution in [0.1, 0.15) is 30.4 Å². The van der Waals surface area contributed by atoms with E-state index in [1.54, 1.807) is 0 Å². The van der Waals surface area contributed by atoms with Crippen LogP contribution in [0.2, 0.25) is 0 Å². The van der Waals surface area contributed by atoms with Crippen LogP contribution in [0.15, 0.2) is 18.2 Å². The van der Waals surface area contributed by atoms with Crippen molar-refractivity contribution in [2.24, 2.45) is 5.92 Å². The summed E-state index contributed by atoms with van der Waals surface area (Å²) >= 11 is 0. The molecular formula is C15H17NO2. The summed E-state index contributed by atoms with van der Waals surface area (Å²) in [6.45, 7) is 1.80. The molecule has 1 aliphatic rings. The van der Waals surface area contributed by atoms with Crippen LogP contribution in [0.4, 0.5) is 5.69 Å². The van der Waals surface area contributed by atoms with Crippen LogP contribution >= 0.6 is 0 Å². The fourth-order valence-electron chi connectivity index (χ4n) is 1.77. The molecule has 1 saturated carbocycles. The Balaban J connectivity index is 2.05. The van der Waals surface area contributed by atoms with E-state index in [0.717, 1.165) is 16.8 Å². The third-order valence-electron chi connectivity index (χ3n) is 2.99. The number of aliphatic hydroxyl groups is 1. The average molecular weight is 243 g/mol. The zero-order chi connectivity index (χ0) is 13.0. The van der Waals surface area contributed by atoms with E-state index in [4.69, 9.17) is 5.11 Å². The van der Waals surface area contributed by atoms with Gasteiger partial charge in [-0.1, -0.05) is 17.9 Å². The van der Waals surface area contributed by atoms with Gasteiger partial charge in [-0.25, -0.2) is 0 Å². The van der Waals surface area contributed by atoms with Gasteiger partial charge >= 0.3 is 0 Å². The number of rotatable bonds is 3. The largest absolute Gasteiger partial charge is 0.384 e. The normalized spacial score (nSPS) is 13.7. The Morgan fingerprint density at radius 2 is 2.28 bits per heavy atom. The van der Waals surface area contributed by atoms with Gasteiger partial charge in [0.25, 0.3) is 0 Å². The number of carbonyl (C=O) groups is 1. The lowest BCUT2D eigenvalue weighted by molar-refractivity contribution is -0.116. The maximum Gasteiger partial charge on any atom is 0.224 e. The monoisotopic (exact) mass is 243 g/mol. The molecule has 0 bridgehead atoms. The zero-order valence-electron chi connectivity index (χ0n) is 10.5. The lowest BCUT2D eigenvalue weighted by Crippen LogP contribution is -2.12. The summed E-state index contributed by atoms with van der Waals surface area (Å²) in [7, 11) is 0. The highest BCUT2D eigenvalue weighted by Gasteiger charge is 2.24. The lowest BCUT2D eigenvalue weighted by Gasteiger charge is -2.06. The molecule has 2 rings (SSSR count). The molecule has 0 aromatic heterocycles.